The van der Waals surface area contributed by atoms with Gasteiger partial charge in [-0.1, -0.05) is 18.2 Å². The highest BCUT2D eigenvalue weighted by Gasteiger charge is 2.12. The zero-order valence-electron chi connectivity index (χ0n) is 17.1. The van der Waals surface area contributed by atoms with Crippen molar-refractivity contribution >= 4 is 22.6 Å². The molecule has 8 nitrogen and oxygen atoms in total. The van der Waals surface area contributed by atoms with E-state index in [4.69, 9.17) is 4.74 Å². The molecule has 0 fully saturated rings. The summed E-state index contributed by atoms with van der Waals surface area (Å²) >= 11 is 0. The fourth-order valence-corrected chi connectivity index (χ4v) is 3.52. The van der Waals surface area contributed by atoms with Gasteiger partial charge in [-0.3, -0.25) is 9.78 Å². The predicted molar refractivity (Wildman–Crippen MR) is 113 cm³/mol. The molecule has 0 aliphatic heterocycles. The number of fused-ring (bicyclic) bond motifs is 2. The lowest BCUT2D eigenvalue weighted by Crippen LogP contribution is -2.26. The summed E-state index contributed by atoms with van der Waals surface area (Å²) in [6.07, 6.45) is 4.98. The molecule has 30 heavy (non-hydrogen) atoms. The number of hydrogen-bond acceptors (Lipinski definition) is 6. The van der Waals surface area contributed by atoms with Crippen LogP contribution in [0, 0.1) is 13.8 Å². The van der Waals surface area contributed by atoms with Crippen LogP contribution in [0.2, 0.25) is 0 Å². The normalized spacial score (nSPS) is 11.1. The van der Waals surface area contributed by atoms with E-state index in [0.29, 0.717) is 31.8 Å². The molecule has 0 saturated heterocycles. The first-order valence-corrected chi connectivity index (χ1v) is 10.0. The van der Waals surface area contributed by atoms with E-state index in [-0.39, 0.29) is 5.91 Å². The molecule has 0 atom stereocenters. The van der Waals surface area contributed by atoms with Crippen molar-refractivity contribution in [3.8, 4) is 5.75 Å². The first-order chi connectivity index (χ1) is 14.6. The number of benzene rings is 1. The first kappa shape index (κ1) is 19.8. The van der Waals surface area contributed by atoms with Crippen LogP contribution in [0.3, 0.4) is 0 Å². The van der Waals surface area contributed by atoms with E-state index in [1.807, 2.05) is 44.2 Å². The van der Waals surface area contributed by atoms with Crippen molar-refractivity contribution in [2.24, 2.45) is 0 Å². The van der Waals surface area contributed by atoms with Crippen molar-refractivity contribution in [3.63, 3.8) is 0 Å². The van der Waals surface area contributed by atoms with Crippen LogP contribution in [-0.2, 0) is 11.2 Å². The lowest BCUT2D eigenvalue weighted by atomic mass is 10.1. The number of carbonyl (C=O) groups is 1. The van der Waals surface area contributed by atoms with Gasteiger partial charge in [0.25, 0.3) is 5.78 Å². The van der Waals surface area contributed by atoms with Crippen molar-refractivity contribution in [3.05, 3.63) is 59.8 Å². The molecular weight excluding hydrogens is 380 g/mol. The summed E-state index contributed by atoms with van der Waals surface area (Å²) in [5.41, 5.74) is 3.75. The number of aromatic nitrogens is 5. The average molecular weight is 404 g/mol. The smallest absolute Gasteiger partial charge is 0.252 e. The molecule has 0 saturated carbocycles. The Morgan fingerprint density at radius 1 is 1.17 bits per heavy atom. The standard InChI is InChI=1S/C22H24N6O2/c1-15-18(16(2)28-22(27-15)25-14-26-28)9-10-20(29)23-12-5-13-30-19-8-3-6-17-7-4-11-24-21(17)19/h3-4,6-8,11,14H,5,9-10,12-13H2,1-2H3,(H,23,29). The minimum atomic E-state index is 0.0133. The van der Waals surface area contributed by atoms with E-state index in [1.54, 1.807) is 10.7 Å². The van der Waals surface area contributed by atoms with Crippen molar-refractivity contribution in [1.29, 1.82) is 0 Å². The van der Waals surface area contributed by atoms with Gasteiger partial charge < -0.3 is 10.1 Å². The predicted octanol–water partition coefficient (Wildman–Crippen LogP) is 2.81. The third-order valence-corrected chi connectivity index (χ3v) is 5.09. The van der Waals surface area contributed by atoms with E-state index in [1.165, 1.54) is 6.33 Å². The van der Waals surface area contributed by atoms with Gasteiger partial charge in [-0.25, -0.2) is 9.50 Å². The maximum absolute atomic E-state index is 12.2. The highest BCUT2D eigenvalue weighted by molar-refractivity contribution is 5.84. The zero-order valence-corrected chi connectivity index (χ0v) is 17.1. The van der Waals surface area contributed by atoms with Gasteiger partial charge in [-0.05, 0) is 44.4 Å². The SMILES string of the molecule is Cc1nc2ncnn2c(C)c1CCC(=O)NCCCOc1cccc2cccnc12. The number of amides is 1. The van der Waals surface area contributed by atoms with Crippen molar-refractivity contribution in [2.45, 2.75) is 33.1 Å². The summed E-state index contributed by atoms with van der Waals surface area (Å²) in [6, 6.07) is 9.80. The van der Waals surface area contributed by atoms with Gasteiger partial charge in [0, 0.05) is 35.9 Å². The summed E-state index contributed by atoms with van der Waals surface area (Å²) in [7, 11) is 0. The number of nitrogens with zero attached hydrogens (tertiary/aromatic N) is 5. The van der Waals surface area contributed by atoms with Crippen LogP contribution >= 0.6 is 0 Å². The molecule has 1 aromatic carbocycles. The summed E-state index contributed by atoms with van der Waals surface area (Å²) in [4.78, 5) is 25.2. The number of carbonyl (C=O) groups excluding carboxylic acids is 1. The third-order valence-electron chi connectivity index (χ3n) is 5.09. The largest absolute Gasteiger partial charge is 0.491 e. The molecule has 0 unspecified atom stereocenters. The number of pyridine rings is 1. The average Bonchev–Trinajstić information content (AvgIpc) is 3.22. The molecule has 1 amide bonds. The Bertz CT molecular complexity index is 1180. The van der Waals surface area contributed by atoms with Crippen LogP contribution in [-0.4, -0.2) is 43.6 Å². The topological polar surface area (TPSA) is 94.3 Å². The van der Waals surface area contributed by atoms with Gasteiger partial charge in [0.05, 0.1) is 6.61 Å². The molecule has 1 N–H and O–H groups in total. The van der Waals surface area contributed by atoms with E-state index in [9.17, 15) is 4.79 Å². The Labute approximate surface area is 174 Å². The Hall–Kier alpha value is -3.55. The molecule has 0 spiro atoms. The summed E-state index contributed by atoms with van der Waals surface area (Å²) < 4.78 is 7.57. The maximum atomic E-state index is 12.2. The monoisotopic (exact) mass is 404 g/mol. The second-order valence-corrected chi connectivity index (χ2v) is 7.12. The summed E-state index contributed by atoms with van der Waals surface area (Å²) in [6.45, 7) is 4.99. The van der Waals surface area contributed by atoms with E-state index in [2.05, 4.69) is 25.4 Å². The van der Waals surface area contributed by atoms with Crippen molar-refractivity contribution < 1.29 is 9.53 Å². The van der Waals surface area contributed by atoms with Crippen LogP contribution in [0.4, 0.5) is 0 Å². The molecule has 0 radical (unpaired) electrons. The number of rotatable bonds is 8. The number of para-hydroxylation sites is 1. The fourth-order valence-electron chi connectivity index (χ4n) is 3.52. The highest BCUT2D eigenvalue weighted by atomic mass is 16.5. The van der Waals surface area contributed by atoms with Crippen LogP contribution < -0.4 is 10.1 Å². The molecule has 4 rings (SSSR count). The number of nitrogens with one attached hydrogen (secondary N) is 1. The lowest BCUT2D eigenvalue weighted by Gasteiger charge is -2.11. The number of hydrogen-bond donors (Lipinski definition) is 1. The van der Waals surface area contributed by atoms with Crippen LogP contribution in [0.1, 0.15) is 29.8 Å². The lowest BCUT2D eigenvalue weighted by molar-refractivity contribution is -0.121. The van der Waals surface area contributed by atoms with Crippen LogP contribution in [0.15, 0.2) is 42.9 Å². The van der Waals surface area contributed by atoms with Crippen LogP contribution in [0.25, 0.3) is 16.7 Å². The Morgan fingerprint density at radius 3 is 2.93 bits per heavy atom. The molecule has 3 heterocycles. The molecule has 8 heteroatoms. The Kier molecular flexibility index (Phi) is 5.83. The quantitative estimate of drug-likeness (QED) is 0.454. The van der Waals surface area contributed by atoms with Gasteiger partial charge in [0.1, 0.15) is 17.6 Å². The number of ether oxygens (including phenoxy) is 1. The van der Waals surface area contributed by atoms with E-state index >= 15 is 0 Å². The van der Waals surface area contributed by atoms with Gasteiger partial charge in [-0.15, -0.1) is 0 Å². The highest BCUT2D eigenvalue weighted by Crippen LogP contribution is 2.22. The van der Waals surface area contributed by atoms with Crippen molar-refractivity contribution in [1.82, 2.24) is 29.9 Å². The molecule has 154 valence electrons. The van der Waals surface area contributed by atoms with E-state index < -0.39 is 0 Å². The second-order valence-electron chi connectivity index (χ2n) is 7.12. The van der Waals surface area contributed by atoms with Crippen molar-refractivity contribution in [2.75, 3.05) is 13.2 Å². The molecule has 0 aliphatic rings. The summed E-state index contributed by atoms with van der Waals surface area (Å²) in [5.74, 6) is 1.36. The Balaban J connectivity index is 1.23. The van der Waals surface area contributed by atoms with Gasteiger partial charge in [-0.2, -0.15) is 10.1 Å². The number of aryl methyl sites for hydroxylation is 2. The van der Waals surface area contributed by atoms with Crippen LogP contribution in [0.5, 0.6) is 5.75 Å². The molecule has 0 bridgehead atoms. The maximum Gasteiger partial charge on any atom is 0.252 e. The Morgan fingerprint density at radius 2 is 2.03 bits per heavy atom. The molecule has 3 aromatic heterocycles. The zero-order chi connectivity index (χ0) is 20.9. The minimum Gasteiger partial charge on any atom is -0.491 e. The van der Waals surface area contributed by atoms with E-state index in [0.717, 1.165) is 40.0 Å². The third kappa shape index (κ3) is 4.22. The molecular formula is C22H24N6O2. The summed E-state index contributed by atoms with van der Waals surface area (Å²) in [5, 5.41) is 8.19. The van der Waals surface area contributed by atoms with Gasteiger partial charge >= 0.3 is 0 Å². The first-order valence-electron chi connectivity index (χ1n) is 10.0. The van der Waals surface area contributed by atoms with Gasteiger partial charge in [0.2, 0.25) is 5.91 Å². The molecule has 0 aliphatic carbocycles. The minimum absolute atomic E-state index is 0.0133. The van der Waals surface area contributed by atoms with Gasteiger partial charge in [0.15, 0.2) is 0 Å². The molecule has 4 aromatic rings. The second kappa shape index (κ2) is 8.86. The fraction of sp³-hybridized carbons (Fsp3) is 0.318.